The maximum atomic E-state index is 13.6. The maximum absolute atomic E-state index is 13.6. The third-order valence-corrected chi connectivity index (χ3v) is 7.79. The molecule has 4 N–H and O–H groups in total. The van der Waals surface area contributed by atoms with Gasteiger partial charge in [-0.1, -0.05) is 0 Å². The van der Waals surface area contributed by atoms with Crippen LogP contribution >= 0.6 is 43.2 Å². The number of primary amides is 1. The van der Waals surface area contributed by atoms with Gasteiger partial charge in [-0.2, -0.15) is 10.2 Å². The quantitative estimate of drug-likeness (QED) is 0.285. The standard InChI is InChI=1S/C19H15Br2F2N7O2S/c1-3-30-5-8(6(2)29-30)7-4-9(16(22)23)25-19-10(7)12(14(33-19)17(24)31)26-18(32)13-11(20)15(21)28-27-13/h4-5,16H,3H2,1-2H3,(H2,24,31)(H,26,32)(H,27,28). The van der Waals surface area contributed by atoms with E-state index in [9.17, 15) is 18.4 Å². The normalized spacial score (nSPS) is 11.5. The number of thiophene rings is 1. The van der Waals surface area contributed by atoms with Gasteiger partial charge in [-0.15, -0.1) is 11.3 Å². The maximum Gasteiger partial charge on any atom is 0.280 e. The number of hydrogen-bond acceptors (Lipinski definition) is 6. The van der Waals surface area contributed by atoms with Gasteiger partial charge in [0.25, 0.3) is 18.2 Å². The molecule has 4 aromatic rings. The highest BCUT2D eigenvalue weighted by atomic mass is 79.9. The minimum absolute atomic E-state index is 0.0188. The summed E-state index contributed by atoms with van der Waals surface area (Å²) >= 11 is 7.29. The summed E-state index contributed by atoms with van der Waals surface area (Å²) in [5.74, 6) is -1.48. The average molecular weight is 603 g/mol. The fourth-order valence-corrected chi connectivity index (χ4v) is 4.96. The molecule has 172 valence electrons. The molecule has 0 atom stereocenters. The van der Waals surface area contributed by atoms with Gasteiger partial charge in [0.05, 0.1) is 15.9 Å². The molecule has 2 amide bonds. The van der Waals surface area contributed by atoms with Crippen molar-refractivity contribution in [2.24, 2.45) is 5.73 Å². The van der Waals surface area contributed by atoms with Crippen molar-refractivity contribution >= 4 is 70.9 Å². The van der Waals surface area contributed by atoms with Gasteiger partial charge in [0.2, 0.25) is 0 Å². The van der Waals surface area contributed by atoms with Gasteiger partial charge in [0, 0.05) is 23.7 Å². The summed E-state index contributed by atoms with van der Waals surface area (Å²) in [6, 6.07) is 1.24. The molecule has 0 spiro atoms. The topological polar surface area (TPSA) is 132 Å². The number of nitrogens with two attached hydrogens (primary N) is 1. The zero-order valence-corrected chi connectivity index (χ0v) is 21.0. The zero-order valence-electron chi connectivity index (χ0n) is 17.0. The smallest absolute Gasteiger partial charge is 0.280 e. The number of hydrogen-bond donors (Lipinski definition) is 3. The summed E-state index contributed by atoms with van der Waals surface area (Å²) < 4.78 is 29.8. The molecule has 0 aromatic carbocycles. The van der Waals surface area contributed by atoms with Gasteiger partial charge in [-0.05, 0) is 57.3 Å². The first-order chi connectivity index (χ1) is 15.6. The summed E-state index contributed by atoms with van der Waals surface area (Å²) in [5.41, 5.74) is 6.70. The Bertz CT molecular complexity index is 1410. The Balaban J connectivity index is 1.99. The van der Waals surface area contributed by atoms with Crippen LogP contribution in [0.5, 0.6) is 0 Å². The largest absolute Gasteiger partial charge is 0.365 e. The van der Waals surface area contributed by atoms with Crippen molar-refractivity contribution in [2.75, 3.05) is 5.32 Å². The molecule has 0 bridgehead atoms. The van der Waals surface area contributed by atoms with E-state index in [4.69, 9.17) is 5.73 Å². The SMILES string of the molecule is CCn1cc(-c2cc(C(F)F)nc3sc(C(N)=O)c(NC(=O)c4n[nH]c(Br)c4Br)c23)c(C)n1. The molecule has 9 nitrogen and oxygen atoms in total. The zero-order chi connectivity index (χ0) is 24.0. The number of nitrogens with zero attached hydrogens (tertiary/aromatic N) is 4. The predicted octanol–water partition coefficient (Wildman–Crippen LogP) is 5.03. The van der Waals surface area contributed by atoms with Gasteiger partial charge in [0.15, 0.2) is 5.69 Å². The number of aryl methyl sites for hydroxylation is 2. The van der Waals surface area contributed by atoms with Crippen molar-refractivity contribution in [1.82, 2.24) is 25.0 Å². The Morgan fingerprint density at radius 2 is 2.06 bits per heavy atom. The van der Waals surface area contributed by atoms with Crippen LogP contribution in [0.25, 0.3) is 21.3 Å². The van der Waals surface area contributed by atoms with Crippen LogP contribution in [0, 0.1) is 6.92 Å². The molecule has 4 heterocycles. The van der Waals surface area contributed by atoms with Crippen molar-refractivity contribution in [1.29, 1.82) is 0 Å². The number of aromatic amines is 1. The lowest BCUT2D eigenvalue weighted by atomic mass is 10.0. The first kappa shape index (κ1) is 23.4. The number of carbonyl (C=O) groups is 2. The molecule has 0 aliphatic carbocycles. The van der Waals surface area contributed by atoms with Crippen LogP contribution < -0.4 is 11.1 Å². The van der Waals surface area contributed by atoms with Crippen LogP contribution in [0.2, 0.25) is 0 Å². The van der Waals surface area contributed by atoms with Crippen LogP contribution in [-0.2, 0) is 6.54 Å². The number of pyridine rings is 1. The molecular formula is C19H15Br2F2N7O2S. The van der Waals surface area contributed by atoms with Crippen LogP contribution in [0.15, 0.2) is 21.3 Å². The Morgan fingerprint density at radius 3 is 2.61 bits per heavy atom. The van der Waals surface area contributed by atoms with E-state index in [2.05, 4.69) is 57.5 Å². The van der Waals surface area contributed by atoms with Gasteiger partial charge in [-0.3, -0.25) is 19.4 Å². The third-order valence-electron chi connectivity index (χ3n) is 4.81. The molecule has 33 heavy (non-hydrogen) atoms. The number of rotatable bonds is 6. The van der Waals surface area contributed by atoms with Gasteiger partial charge in [-0.25, -0.2) is 13.8 Å². The number of amides is 2. The van der Waals surface area contributed by atoms with Crippen molar-refractivity contribution in [2.45, 2.75) is 26.8 Å². The van der Waals surface area contributed by atoms with Crippen LogP contribution in [0.4, 0.5) is 14.5 Å². The lowest BCUT2D eigenvalue weighted by Crippen LogP contribution is -2.17. The Hall–Kier alpha value is -2.71. The average Bonchev–Trinajstić information content (AvgIpc) is 3.43. The van der Waals surface area contributed by atoms with Crippen LogP contribution in [0.3, 0.4) is 0 Å². The lowest BCUT2D eigenvalue weighted by molar-refractivity contribution is 0.100. The van der Waals surface area contributed by atoms with Gasteiger partial charge >= 0.3 is 0 Å². The second kappa shape index (κ2) is 8.91. The second-order valence-corrected chi connectivity index (χ2v) is 9.47. The Morgan fingerprint density at radius 1 is 1.33 bits per heavy atom. The van der Waals surface area contributed by atoms with E-state index in [1.807, 2.05) is 6.92 Å². The first-order valence-corrected chi connectivity index (χ1v) is 11.8. The predicted molar refractivity (Wildman–Crippen MR) is 127 cm³/mol. The monoisotopic (exact) mass is 601 g/mol. The van der Waals surface area contributed by atoms with Crippen LogP contribution in [-0.4, -0.2) is 36.8 Å². The van der Waals surface area contributed by atoms with Crippen molar-refractivity contribution < 1.29 is 18.4 Å². The minimum Gasteiger partial charge on any atom is -0.365 e. The van der Waals surface area contributed by atoms with E-state index in [-0.39, 0.29) is 21.1 Å². The van der Waals surface area contributed by atoms with Crippen LogP contribution in [0.1, 0.15) is 44.9 Å². The van der Waals surface area contributed by atoms with E-state index in [1.54, 1.807) is 17.8 Å². The summed E-state index contributed by atoms with van der Waals surface area (Å²) in [7, 11) is 0. The molecule has 0 saturated heterocycles. The number of fused-ring (bicyclic) bond motifs is 1. The molecule has 0 aliphatic heterocycles. The number of carbonyl (C=O) groups excluding carboxylic acids is 2. The van der Waals surface area contributed by atoms with Crippen molar-refractivity contribution in [3.05, 3.63) is 43.3 Å². The highest BCUT2D eigenvalue weighted by molar-refractivity contribution is 9.13. The van der Waals surface area contributed by atoms with E-state index in [0.717, 1.165) is 11.3 Å². The number of H-pyrrole nitrogens is 1. The molecular weight excluding hydrogens is 588 g/mol. The molecule has 0 radical (unpaired) electrons. The van der Waals surface area contributed by atoms with E-state index in [0.29, 0.717) is 37.8 Å². The first-order valence-electron chi connectivity index (χ1n) is 9.42. The molecule has 4 aromatic heterocycles. The highest BCUT2D eigenvalue weighted by Crippen LogP contribution is 2.43. The molecule has 0 fully saturated rings. The number of anilines is 1. The van der Waals surface area contributed by atoms with Crippen molar-refractivity contribution in [3.63, 3.8) is 0 Å². The van der Waals surface area contributed by atoms with Gasteiger partial charge in [0.1, 0.15) is 20.0 Å². The minimum atomic E-state index is -2.84. The number of halogens is 4. The molecule has 14 heteroatoms. The second-order valence-electron chi connectivity index (χ2n) is 6.88. The molecule has 0 saturated carbocycles. The molecule has 4 rings (SSSR count). The summed E-state index contributed by atoms with van der Waals surface area (Å²) in [5, 5.41) is 13.9. The molecule has 0 aliphatic rings. The van der Waals surface area contributed by atoms with Crippen molar-refractivity contribution in [3.8, 4) is 11.1 Å². The Kier molecular flexibility index (Phi) is 6.33. The number of alkyl halides is 2. The summed E-state index contributed by atoms with van der Waals surface area (Å²) in [6.45, 7) is 4.20. The summed E-state index contributed by atoms with van der Waals surface area (Å²) in [6.07, 6.45) is -1.13. The van der Waals surface area contributed by atoms with E-state index < -0.39 is 23.9 Å². The number of nitrogens with one attached hydrogen (secondary N) is 2. The Labute approximate surface area is 206 Å². The van der Waals surface area contributed by atoms with E-state index >= 15 is 0 Å². The van der Waals surface area contributed by atoms with E-state index in [1.165, 1.54) is 6.07 Å². The highest BCUT2D eigenvalue weighted by Gasteiger charge is 2.27. The summed E-state index contributed by atoms with van der Waals surface area (Å²) in [4.78, 5) is 29.3. The van der Waals surface area contributed by atoms with Gasteiger partial charge < -0.3 is 11.1 Å². The third kappa shape index (κ3) is 4.17. The number of aromatic nitrogens is 5. The fraction of sp³-hybridized carbons (Fsp3) is 0.211. The lowest BCUT2D eigenvalue weighted by Gasteiger charge is -2.10. The molecule has 0 unspecified atom stereocenters. The fourth-order valence-electron chi connectivity index (χ4n) is 3.31.